The molecule has 1 unspecified atom stereocenters. The van der Waals surface area contributed by atoms with Gasteiger partial charge in [0.25, 0.3) is 0 Å². The maximum absolute atomic E-state index is 5.49. The lowest BCUT2D eigenvalue weighted by Gasteiger charge is -2.32. The minimum atomic E-state index is 0.628. The van der Waals surface area contributed by atoms with Gasteiger partial charge < -0.3 is 19.9 Å². The van der Waals surface area contributed by atoms with Crippen LogP contribution in [0, 0.1) is 6.92 Å². The summed E-state index contributed by atoms with van der Waals surface area (Å²) in [6.07, 6.45) is 4.35. The molecule has 146 valence electrons. The number of fused-ring (bicyclic) bond motifs is 1. The van der Waals surface area contributed by atoms with Crippen LogP contribution in [0.25, 0.3) is 10.9 Å². The van der Waals surface area contributed by atoms with E-state index in [0.29, 0.717) is 6.04 Å². The van der Waals surface area contributed by atoms with E-state index in [-0.39, 0.29) is 0 Å². The summed E-state index contributed by atoms with van der Waals surface area (Å²) in [6, 6.07) is 7.07. The molecule has 1 aromatic carbocycles. The summed E-state index contributed by atoms with van der Waals surface area (Å²) in [4.78, 5) is 12.9. The van der Waals surface area contributed by atoms with Crippen LogP contribution in [-0.2, 0) is 11.2 Å². The zero-order valence-electron chi connectivity index (χ0n) is 16.5. The summed E-state index contributed by atoms with van der Waals surface area (Å²) in [5.74, 6) is 1.03. The lowest BCUT2D eigenvalue weighted by atomic mass is 10.1. The second-order valence-electron chi connectivity index (χ2n) is 7.57. The molecule has 0 spiro atoms. The number of rotatable bonds is 4. The van der Waals surface area contributed by atoms with Gasteiger partial charge in [-0.15, -0.1) is 0 Å². The highest BCUT2D eigenvalue weighted by atomic mass is 16.5. The topological polar surface area (TPSA) is 55.9 Å². The number of nitrogens with zero attached hydrogens (tertiary/aromatic N) is 3. The van der Waals surface area contributed by atoms with Gasteiger partial charge in [-0.1, -0.05) is 12.1 Å². The quantitative estimate of drug-likeness (QED) is 0.639. The molecule has 0 saturated carbocycles. The number of ether oxygens (including phenoxy) is 1. The number of hydrogen-bond donors (Lipinski definition) is 2. The molecule has 27 heavy (non-hydrogen) atoms. The molecule has 2 aromatic rings. The second kappa shape index (κ2) is 8.31. The molecule has 2 fully saturated rings. The predicted octanol–water partition coefficient (Wildman–Crippen LogP) is 2.00. The summed E-state index contributed by atoms with van der Waals surface area (Å²) in [7, 11) is 1.89. The van der Waals surface area contributed by atoms with Crippen molar-refractivity contribution < 1.29 is 4.74 Å². The molecular weight excluding hydrogens is 338 g/mol. The SMILES string of the molecule is CN=C(NCCc1c[nH]c2cccc(C)c12)N1CCC(N2CCOCC2)C1. The van der Waals surface area contributed by atoms with Crippen molar-refractivity contribution in [3.05, 3.63) is 35.5 Å². The lowest BCUT2D eigenvalue weighted by molar-refractivity contribution is 0.0195. The van der Waals surface area contributed by atoms with Crippen LogP contribution in [-0.4, -0.2) is 79.8 Å². The molecule has 2 saturated heterocycles. The highest BCUT2D eigenvalue weighted by Crippen LogP contribution is 2.22. The zero-order valence-corrected chi connectivity index (χ0v) is 16.5. The molecular formula is C21H31N5O. The monoisotopic (exact) mass is 369 g/mol. The Morgan fingerprint density at radius 3 is 2.96 bits per heavy atom. The number of nitrogens with one attached hydrogen (secondary N) is 2. The maximum Gasteiger partial charge on any atom is 0.193 e. The van der Waals surface area contributed by atoms with Crippen LogP contribution < -0.4 is 5.32 Å². The van der Waals surface area contributed by atoms with Gasteiger partial charge >= 0.3 is 0 Å². The van der Waals surface area contributed by atoms with Crippen molar-refractivity contribution in [3.63, 3.8) is 0 Å². The standard InChI is InChI=1S/C21H31N5O/c1-16-4-3-5-19-20(16)17(14-24-19)6-8-23-21(22-2)26-9-7-18(15-26)25-10-12-27-13-11-25/h3-5,14,18,24H,6-13,15H2,1-2H3,(H,22,23). The first kappa shape index (κ1) is 18.3. The van der Waals surface area contributed by atoms with Gasteiger partial charge in [-0.3, -0.25) is 9.89 Å². The largest absolute Gasteiger partial charge is 0.379 e. The predicted molar refractivity (Wildman–Crippen MR) is 110 cm³/mol. The van der Waals surface area contributed by atoms with E-state index in [4.69, 9.17) is 4.74 Å². The summed E-state index contributed by atoms with van der Waals surface area (Å²) in [5.41, 5.74) is 3.93. The van der Waals surface area contributed by atoms with Crippen LogP contribution in [0.2, 0.25) is 0 Å². The third kappa shape index (κ3) is 3.96. The van der Waals surface area contributed by atoms with Gasteiger partial charge in [0.15, 0.2) is 5.96 Å². The third-order valence-electron chi connectivity index (χ3n) is 5.91. The second-order valence-corrected chi connectivity index (χ2v) is 7.57. The van der Waals surface area contributed by atoms with Crippen LogP contribution >= 0.6 is 0 Å². The first-order valence-electron chi connectivity index (χ1n) is 10.1. The molecule has 1 atom stereocenters. The normalized spacial score (nSPS) is 21.9. The van der Waals surface area contributed by atoms with E-state index in [1.807, 2.05) is 7.05 Å². The van der Waals surface area contributed by atoms with E-state index < -0.39 is 0 Å². The molecule has 6 nitrogen and oxygen atoms in total. The van der Waals surface area contributed by atoms with E-state index in [1.54, 1.807) is 0 Å². The van der Waals surface area contributed by atoms with Gasteiger partial charge in [-0.2, -0.15) is 0 Å². The highest BCUT2D eigenvalue weighted by Gasteiger charge is 2.30. The molecule has 1 aromatic heterocycles. The number of H-pyrrole nitrogens is 1. The molecule has 6 heteroatoms. The van der Waals surface area contributed by atoms with Crippen molar-refractivity contribution in [2.45, 2.75) is 25.8 Å². The van der Waals surface area contributed by atoms with E-state index in [0.717, 1.165) is 58.3 Å². The minimum absolute atomic E-state index is 0.628. The Morgan fingerprint density at radius 2 is 2.15 bits per heavy atom. The van der Waals surface area contributed by atoms with Crippen LogP contribution in [0.1, 0.15) is 17.5 Å². The van der Waals surface area contributed by atoms with Crippen LogP contribution in [0.15, 0.2) is 29.4 Å². The van der Waals surface area contributed by atoms with Crippen molar-refractivity contribution >= 4 is 16.9 Å². The molecule has 0 aliphatic carbocycles. The van der Waals surface area contributed by atoms with Crippen LogP contribution in [0.5, 0.6) is 0 Å². The minimum Gasteiger partial charge on any atom is -0.379 e. The van der Waals surface area contributed by atoms with Gasteiger partial charge in [-0.05, 0) is 37.0 Å². The number of guanidine groups is 1. The Morgan fingerprint density at radius 1 is 1.30 bits per heavy atom. The van der Waals surface area contributed by atoms with Gasteiger partial charge in [0.05, 0.1) is 13.2 Å². The number of hydrogen-bond acceptors (Lipinski definition) is 3. The van der Waals surface area contributed by atoms with Crippen molar-refractivity contribution in [1.29, 1.82) is 0 Å². The number of aryl methyl sites for hydroxylation is 1. The Labute approximate surface area is 161 Å². The average Bonchev–Trinajstić information content (AvgIpc) is 3.34. The summed E-state index contributed by atoms with van der Waals surface area (Å²) in [5, 5.41) is 4.94. The van der Waals surface area contributed by atoms with E-state index in [2.05, 4.69) is 56.4 Å². The summed E-state index contributed by atoms with van der Waals surface area (Å²) in [6.45, 7) is 9.07. The molecule has 2 N–H and O–H groups in total. The van der Waals surface area contributed by atoms with E-state index in [1.165, 1.54) is 28.5 Å². The van der Waals surface area contributed by atoms with E-state index in [9.17, 15) is 0 Å². The van der Waals surface area contributed by atoms with Gasteiger partial charge in [0.1, 0.15) is 0 Å². The van der Waals surface area contributed by atoms with Crippen molar-refractivity contribution in [1.82, 2.24) is 20.1 Å². The molecule has 3 heterocycles. The number of aromatic amines is 1. The molecule has 2 aliphatic rings. The Bertz CT molecular complexity index is 793. The first-order chi connectivity index (χ1) is 13.3. The number of morpholine rings is 1. The van der Waals surface area contributed by atoms with Gasteiger partial charge in [-0.25, -0.2) is 0 Å². The van der Waals surface area contributed by atoms with Crippen molar-refractivity contribution in [3.8, 4) is 0 Å². The zero-order chi connectivity index (χ0) is 18.6. The first-order valence-corrected chi connectivity index (χ1v) is 10.1. The Hall–Kier alpha value is -2.05. The third-order valence-corrected chi connectivity index (χ3v) is 5.91. The highest BCUT2D eigenvalue weighted by molar-refractivity contribution is 5.86. The number of aliphatic imine (C=N–C) groups is 1. The number of aromatic nitrogens is 1. The van der Waals surface area contributed by atoms with Gasteiger partial charge in [0.2, 0.25) is 0 Å². The number of benzene rings is 1. The molecule has 0 radical (unpaired) electrons. The van der Waals surface area contributed by atoms with Crippen molar-refractivity contribution in [2.75, 3.05) is 53.0 Å². The fraction of sp³-hybridized carbons (Fsp3) is 0.571. The fourth-order valence-corrected chi connectivity index (χ4v) is 4.46. The molecule has 2 aliphatic heterocycles. The molecule has 0 bridgehead atoms. The van der Waals surface area contributed by atoms with Gasteiger partial charge in [0, 0.05) is 62.9 Å². The summed E-state index contributed by atoms with van der Waals surface area (Å²) < 4.78 is 5.49. The lowest BCUT2D eigenvalue weighted by Crippen LogP contribution is -2.46. The molecule has 4 rings (SSSR count). The maximum atomic E-state index is 5.49. The van der Waals surface area contributed by atoms with E-state index >= 15 is 0 Å². The smallest absolute Gasteiger partial charge is 0.193 e. The van der Waals surface area contributed by atoms with Crippen LogP contribution in [0.3, 0.4) is 0 Å². The number of likely N-dealkylation sites (tertiary alicyclic amines) is 1. The summed E-state index contributed by atoms with van der Waals surface area (Å²) >= 11 is 0. The molecule has 0 amide bonds. The Kier molecular flexibility index (Phi) is 5.64. The van der Waals surface area contributed by atoms with Crippen LogP contribution in [0.4, 0.5) is 0 Å². The van der Waals surface area contributed by atoms with Crippen molar-refractivity contribution in [2.24, 2.45) is 4.99 Å². The Balaban J connectivity index is 1.32. The average molecular weight is 370 g/mol. The fourth-order valence-electron chi connectivity index (χ4n) is 4.46.